The van der Waals surface area contributed by atoms with Gasteiger partial charge in [-0.05, 0) is 80.3 Å². The van der Waals surface area contributed by atoms with Gasteiger partial charge in [0, 0.05) is 18.7 Å². The molecule has 3 amide bonds. The number of benzene rings is 2. The fourth-order valence-electron chi connectivity index (χ4n) is 6.84. The first-order valence-corrected chi connectivity index (χ1v) is 12.4. The van der Waals surface area contributed by atoms with Crippen LogP contribution in [0.15, 0.2) is 42.5 Å². The Labute approximate surface area is 204 Å². The third kappa shape index (κ3) is 3.39. The minimum Gasteiger partial charge on any atom is -0.426 e. The number of hydrogen-bond acceptors (Lipinski definition) is 5. The second-order valence-electron chi connectivity index (χ2n) is 10.5. The molecule has 2 aromatic rings. The van der Waals surface area contributed by atoms with E-state index in [1.165, 1.54) is 4.90 Å². The Morgan fingerprint density at radius 1 is 0.886 bits per heavy atom. The van der Waals surface area contributed by atoms with Gasteiger partial charge in [0.15, 0.2) is 0 Å². The topological polar surface area (TPSA) is 84.0 Å². The van der Waals surface area contributed by atoms with Gasteiger partial charge in [-0.25, -0.2) is 0 Å². The van der Waals surface area contributed by atoms with Crippen LogP contribution in [-0.4, -0.2) is 30.2 Å². The second kappa shape index (κ2) is 8.04. The molecule has 0 radical (unpaired) electrons. The minimum absolute atomic E-state index is 0.0898. The molecule has 7 heteroatoms. The molecular weight excluding hydrogens is 444 g/mol. The predicted molar refractivity (Wildman–Crippen MR) is 129 cm³/mol. The Balaban J connectivity index is 1.14. The Morgan fingerprint density at radius 3 is 2.09 bits per heavy atom. The van der Waals surface area contributed by atoms with Crippen molar-refractivity contribution in [3.05, 3.63) is 53.6 Å². The lowest BCUT2D eigenvalue weighted by atomic mass is 9.81. The number of para-hydroxylation sites is 1. The summed E-state index contributed by atoms with van der Waals surface area (Å²) >= 11 is 0. The number of imide groups is 1. The highest BCUT2D eigenvalue weighted by Crippen LogP contribution is 2.56. The van der Waals surface area contributed by atoms with Crippen LogP contribution in [0.5, 0.6) is 5.75 Å². The number of carbonyl (C=O) groups excluding carboxylic acids is 4. The van der Waals surface area contributed by atoms with Crippen LogP contribution < -0.4 is 14.5 Å². The van der Waals surface area contributed by atoms with Crippen LogP contribution in [0.1, 0.15) is 36.8 Å². The van der Waals surface area contributed by atoms with E-state index in [4.69, 9.17) is 4.74 Å². The lowest BCUT2D eigenvalue weighted by Crippen LogP contribution is -2.32. The number of anilines is 2. The fraction of sp³-hybridized carbons (Fsp3) is 0.429. The van der Waals surface area contributed by atoms with Crippen LogP contribution >= 0.6 is 0 Å². The molecule has 0 unspecified atom stereocenters. The van der Waals surface area contributed by atoms with E-state index in [0.29, 0.717) is 23.3 Å². The highest BCUT2D eigenvalue weighted by atomic mass is 16.5. The first kappa shape index (κ1) is 22.0. The van der Waals surface area contributed by atoms with Crippen LogP contribution in [-0.2, 0) is 19.2 Å². The summed E-state index contributed by atoms with van der Waals surface area (Å²) in [7, 11) is 0. The van der Waals surface area contributed by atoms with Gasteiger partial charge < -0.3 is 9.64 Å². The monoisotopic (exact) mass is 472 g/mol. The third-order valence-corrected chi connectivity index (χ3v) is 8.41. The van der Waals surface area contributed by atoms with Gasteiger partial charge in [-0.1, -0.05) is 18.2 Å². The van der Waals surface area contributed by atoms with Crippen molar-refractivity contribution in [2.24, 2.45) is 29.6 Å². The zero-order valence-electron chi connectivity index (χ0n) is 19.9. The number of fused-ring (bicyclic) bond motifs is 5. The molecule has 2 saturated carbocycles. The molecule has 2 saturated heterocycles. The Bertz CT molecular complexity index is 1200. The maximum Gasteiger partial charge on any atom is 0.316 e. The standard InChI is InChI=1S/C28H28N2O5/c1-15-4-3-5-16(2)25(15)29-14-19(13-22(29)31)28(34)35-21-10-8-20(9-11-21)30-26(32)23-17-6-7-18(12-17)24(23)27(30)33/h3-5,8-11,17-19,23-24H,6-7,12-14H2,1-2H3/t17-,18-,19+,23+,24+/m0/s1. The molecule has 0 N–H and O–H groups in total. The van der Waals surface area contributed by atoms with E-state index in [2.05, 4.69) is 0 Å². The van der Waals surface area contributed by atoms with Crippen molar-refractivity contribution in [1.82, 2.24) is 0 Å². The van der Waals surface area contributed by atoms with Crippen LogP contribution in [0.25, 0.3) is 0 Å². The summed E-state index contributed by atoms with van der Waals surface area (Å²) < 4.78 is 5.58. The van der Waals surface area contributed by atoms with Gasteiger partial charge >= 0.3 is 5.97 Å². The van der Waals surface area contributed by atoms with Crippen molar-refractivity contribution in [1.29, 1.82) is 0 Å². The molecule has 2 aromatic carbocycles. The summed E-state index contributed by atoms with van der Waals surface area (Å²) in [5.41, 5.74) is 3.36. The molecule has 2 heterocycles. The summed E-state index contributed by atoms with van der Waals surface area (Å²) in [6.07, 6.45) is 3.18. The van der Waals surface area contributed by atoms with Crippen molar-refractivity contribution >= 4 is 35.1 Å². The van der Waals surface area contributed by atoms with E-state index in [0.717, 1.165) is 36.1 Å². The average molecular weight is 473 g/mol. The van der Waals surface area contributed by atoms with Crippen LogP contribution in [0, 0.1) is 43.4 Å². The van der Waals surface area contributed by atoms with Gasteiger partial charge in [0.05, 0.1) is 23.4 Å². The number of hydrogen-bond donors (Lipinski definition) is 0. The number of aryl methyl sites for hydroxylation is 2. The Morgan fingerprint density at radius 2 is 1.49 bits per heavy atom. The summed E-state index contributed by atoms with van der Waals surface area (Å²) in [5, 5.41) is 0. The van der Waals surface area contributed by atoms with Crippen molar-refractivity contribution in [2.45, 2.75) is 39.5 Å². The van der Waals surface area contributed by atoms with Gasteiger partial charge in [-0.3, -0.25) is 24.1 Å². The zero-order chi connectivity index (χ0) is 24.4. The first-order chi connectivity index (χ1) is 16.8. The number of nitrogens with zero attached hydrogens (tertiary/aromatic N) is 2. The molecule has 0 aromatic heterocycles. The quantitative estimate of drug-likeness (QED) is 0.384. The number of amides is 3. The summed E-state index contributed by atoms with van der Waals surface area (Å²) in [6.45, 7) is 4.19. The Kier molecular flexibility index (Phi) is 5.06. The molecule has 4 aliphatic rings. The van der Waals surface area contributed by atoms with E-state index in [1.807, 2.05) is 32.0 Å². The first-order valence-electron chi connectivity index (χ1n) is 12.4. The van der Waals surface area contributed by atoms with Crippen molar-refractivity contribution in [3.63, 3.8) is 0 Å². The number of carbonyl (C=O) groups is 4. The Hall–Kier alpha value is -3.48. The van der Waals surface area contributed by atoms with Gasteiger partial charge in [0.1, 0.15) is 5.75 Å². The van der Waals surface area contributed by atoms with E-state index < -0.39 is 11.9 Å². The lowest BCUT2D eigenvalue weighted by Gasteiger charge is -2.21. The molecule has 2 bridgehead atoms. The van der Waals surface area contributed by atoms with Gasteiger partial charge in [0.2, 0.25) is 17.7 Å². The molecule has 7 nitrogen and oxygen atoms in total. The van der Waals surface area contributed by atoms with Crippen LogP contribution in [0.3, 0.4) is 0 Å². The maximum absolute atomic E-state index is 13.0. The summed E-state index contributed by atoms with van der Waals surface area (Å²) in [6, 6.07) is 12.4. The van der Waals surface area contributed by atoms with E-state index in [-0.39, 0.29) is 42.5 Å². The largest absolute Gasteiger partial charge is 0.426 e. The maximum atomic E-state index is 13.0. The van der Waals surface area contributed by atoms with Crippen molar-refractivity contribution in [2.75, 3.05) is 16.3 Å². The number of rotatable bonds is 4. The minimum atomic E-state index is -0.558. The highest BCUT2D eigenvalue weighted by molar-refractivity contribution is 6.22. The molecule has 6 rings (SSSR count). The molecule has 2 aliphatic carbocycles. The second-order valence-corrected chi connectivity index (χ2v) is 10.5. The van der Waals surface area contributed by atoms with Gasteiger partial charge in [0.25, 0.3) is 0 Å². The van der Waals surface area contributed by atoms with Crippen molar-refractivity contribution < 1.29 is 23.9 Å². The SMILES string of the molecule is Cc1cccc(C)c1N1C[C@H](C(=O)Oc2ccc(N3C(=O)[C@@H]4[C@H]5CC[C@@H](C5)[C@H]4C3=O)cc2)CC1=O. The smallest absolute Gasteiger partial charge is 0.316 e. The van der Waals surface area contributed by atoms with Crippen molar-refractivity contribution in [3.8, 4) is 5.75 Å². The molecular formula is C28H28N2O5. The molecule has 35 heavy (non-hydrogen) atoms. The zero-order valence-corrected chi connectivity index (χ0v) is 19.9. The molecule has 0 spiro atoms. The molecule has 5 atom stereocenters. The predicted octanol–water partition coefficient (Wildman–Crippen LogP) is 3.80. The van der Waals surface area contributed by atoms with Crippen LogP contribution in [0.2, 0.25) is 0 Å². The number of esters is 1. The fourth-order valence-corrected chi connectivity index (χ4v) is 6.84. The van der Waals surface area contributed by atoms with E-state index >= 15 is 0 Å². The highest BCUT2D eigenvalue weighted by Gasteiger charge is 2.61. The van der Waals surface area contributed by atoms with E-state index in [9.17, 15) is 19.2 Å². The molecule has 2 aliphatic heterocycles. The number of ether oxygens (including phenoxy) is 1. The summed E-state index contributed by atoms with van der Waals surface area (Å²) in [4.78, 5) is 54.6. The van der Waals surface area contributed by atoms with E-state index in [1.54, 1.807) is 29.2 Å². The average Bonchev–Trinajstić information content (AvgIpc) is 3.59. The molecule has 4 fully saturated rings. The molecule has 180 valence electrons. The summed E-state index contributed by atoms with van der Waals surface area (Å²) in [5.74, 6) is -0.621. The third-order valence-electron chi connectivity index (χ3n) is 8.41. The lowest BCUT2D eigenvalue weighted by molar-refractivity contribution is -0.139. The van der Waals surface area contributed by atoms with Gasteiger partial charge in [-0.15, -0.1) is 0 Å². The van der Waals surface area contributed by atoms with Crippen LogP contribution in [0.4, 0.5) is 11.4 Å². The van der Waals surface area contributed by atoms with Gasteiger partial charge in [-0.2, -0.15) is 0 Å². The normalized spacial score (nSPS) is 29.3.